The molecule has 1 saturated heterocycles. The minimum Gasteiger partial charge on any atom is -0.298 e. The van der Waals surface area contributed by atoms with Crippen LogP contribution in [0.15, 0.2) is 58.8 Å². The average Bonchev–Trinajstić information content (AvgIpc) is 3.29. The second kappa shape index (κ2) is 9.94. The Morgan fingerprint density at radius 3 is 2.38 bits per heavy atom. The molecule has 168 valence electrons. The molecule has 0 bridgehead atoms. The number of carbonyl (C=O) groups excluding carboxylic acids is 1. The number of aromatic nitrogens is 1. The Balaban J connectivity index is 1.42. The lowest BCUT2D eigenvalue weighted by Gasteiger charge is -2.25. The van der Waals surface area contributed by atoms with Crippen molar-refractivity contribution < 1.29 is 13.2 Å². The van der Waals surface area contributed by atoms with Crippen molar-refractivity contribution in [3.63, 3.8) is 0 Å². The fraction of sp³-hybridized carbons (Fsp3) is 0.333. The third-order valence-electron chi connectivity index (χ3n) is 5.58. The maximum atomic E-state index is 12.8. The standard InChI is InChI=1S/C24H27N3O3S2/c1-2-6-18-7-9-19(10-8-18)22-17-31-24(25-22)26-23(28)20-11-13-21(14-12-20)32(29,30)27-15-4-3-5-16-27/h7-14,17H,2-6,15-16H2,1H3,(H,25,26,28). The van der Waals surface area contributed by atoms with Gasteiger partial charge in [-0.2, -0.15) is 4.31 Å². The van der Waals surface area contributed by atoms with Crippen LogP contribution in [0.2, 0.25) is 0 Å². The molecule has 3 aromatic rings. The summed E-state index contributed by atoms with van der Waals surface area (Å²) in [6, 6.07) is 14.4. The lowest BCUT2D eigenvalue weighted by atomic mass is 10.1. The fourth-order valence-electron chi connectivity index (χ4n) is 3.80. The highest BCUT2D eigenvalue weighted by molar-refractivity contribution is 7.89. The molecule has 2 aromatic carbocycles. The Morgan fingerprint density at radius 1 is 1.03 bits per heavy atom. The Morgan fingerprint density at radius 2 is 1.72 bits per heavy atom. The monoisotopic (exact) mass is 469 g/mol. The number of anilines is 1. The van der Waals surface area contributed by atoms with Crippen LogP contribution in [0.1, 0.15) is 48.5 Å². The van der Waals surface area contributed by atoms with Crippen molar-refractivity contribution in [2.24, 2.45) is 0 Å². The van der Waals surface area contributed by atoms with Gasteiger partial charge < -0.3 is 0 Å². The SMILES string of the molecule is CCCc1ccc(-c2csc(NC(=O)c3ccc(S(=O)(=O)N4CCCCC4)cc3)n2)cc1. The first-order valence-corrected chi connectivity index (χ1v) is 13.3. The fourth-order valence-corrected chi connectivity index (χ4v) is 6.03. The second-order valence-electron chi connectivity index (χ2n) is 7.93. The third kappa shape index (κ3) is 5.09. The van der Waals surface area contributed by atoms with Crippen molar-refractivity contribution in [1.82, 2.24) is 9.29 Å². The van der Waals surface area contributed by atoms with Crippen LogP contribution >= 0.6 is 11.3 Å². The molecule has 1 fully saturated rings. The molecule has 0 unspecified atom stereocenters. The van der Waals surface area contributed by atoms with Gasteiger partial charge in [-0.3, -0.25) is 10.1 Å². The van der Waals surface area contributed by atoms with E-state index in [1.807, 2.05) is 17.5 Å². The maximum absolute atomic E-state index is 12.8. The predicted molar refractivity (Wildman–Crippen MR) is 129 cm³/mol. The molecule has 0 atom stereocenters. The summed E-state index contributed by atoms with van der Waals surface area (Å²) in [6.45, 7) is 3.26. The van der Waals surface area contributed by atoms with Gasteiger partial charge in [-0.05, 0) is 49.1 Å². The van der Waals surface area contributed by atoms with Gasteiger partial charge in [0, 0.05) is 29.6 Å². The highest BCUT2D eigenvalue weighted by atomic mass is 32.2. The van der Waals surface area contributed by atoms with Crippen LogP contribution in [-0.4, -0.2) is 36.7 Å². The highest BCUT2D eigenvalue weighted by Gasteiger charge is 2.26. The van der Waals surface area contributed by atoms with E-state index in [1.165, 1.54) is 33.3 Å². The van der Waals surface area contributed by atoms with Gasteiger partial charge in [-0.25, -0.2) is 13.4 Å². The molecule has 0 saturated carbocycles. The van der Waals surface area contributed by atoms with Crippen LogP contribution < -0.4 is 5.32 Å². The zero-order chi connectivity index (χ0) is 22.6. The lowest BCUT2D eigenvalue weighted by Crippen LogP contribution is -2.35. The van der Waals surface area contributed by atoms with Crippen molar-refractivity contribution in [2.45, 2.75) is 43.9 Å². The van der Waals surface area contributed by atoms with Gasteiger partial charge in [-0.1, -0.05) is 44.0 Å². The van der Waals surface area contributed by atoms with E-state index in [9.17, 15) is 13.2 Å². The Bertz CT molecular complexity index is 1160. The number of benzene rings is 2. The van der Waals surface area contributed by atoms with Gasteiger partial charge in [0.15, 0.2) is 5.13 Å². The number of carbonyl (C=O) groups is 1. The molecule has 1 aliphatic heterocycles. The van der Waals surface area contributed by atoms with Gasteiger partial charge in [0.05, 0.1) is 10.6 Å². The zero-order valence-corrected chi connectivity index (χ0v) is 19.7. The van der Waals surface area contributed by atoms with Gasteiger partial charge in [0.2, 0.25) is 10.0 Å². The number of piperidine rings is 1. The van der Waals surface area contributed by atoms with E-state index >= 15 is 0 Å². The average molecular weight is 470 g/mol. The minimum atomic E-state index is -3.51. The summed E-state index contributed by atoms with van der Waals surface area (Å²) in [7, 11) is -3.51. The molecule has 2 heterocycles. The van der Waals surface area contributed by atoms with Crippen molar-refractivity contribution in [3.05, 3.63) is 65.0 Å². The topological polar surface area (TPSA) is 79.4 Å². The molecule has 0 radical (unpaired) electrons. The van der Waals surface area contributed by atoms with Crippen molar-refractivity contribution in [2.75, 3.05) is 18.4 Å². The summed E-state index contributed by atoms with van der Waals surface area (Å²) in [5.74, 6) is -0.314. The number of thiazole rings is 1. The summed E-state index contributed by atoms with van der Waals surface area (Å²) in [5, 5.41) is 5.23. The van der Waals surface area contributed by atoms with Crippen molar-refractivity contribution in [3.8, 4) is 11.3 Å². The van der Waals surface area contributed by atoms with E-state index in [-0.39, 0.29) is 10.8 Å². The van der Waals surface area contributed by atoms with Crippen LogP contribution in [0.5, 0.6) is 0 Å². The van der Waals surface area contributed by atoms with Gasteiger partial charge in [0.25, 0.3) is 5.91 Å². The molecule has 1 N–H and O–H groups in total. The third-order valence-corrected chi connectivity index (χ3v) is 8.25. The van der Waals surface area contributed by atoms with Crippen molar-refractivity contribution in [1.29, 1.82) is 0 Å². The minimum absolute atomic E-state index is 0.221. The van der Waals surface area contributed by atoms with Crippen LogP contribution in [0.25, 0.3) is 11.3 Å². The Hall–Kier alpha value is -2.55. The molecule has 0 aliphatic carbocycles. The van der Waals surface area contributed by atoms with Crippen LogP contribution in [0, 0.1) is 0 Å². The number of amides is 1. The van der Waals surface area contributed by atoms with Crippen molar-refractivity contribution >= 4 is 32.4 Å². The predicted octanol–water partition coefficient (Wildman–Crippen LogP) is 5.19. The molecule has 1 aromatic heterocycles. The summed E-state index contributed by atoms with van der Waals surface area (Å²) in [4.78, 5) is 17.4. The number of sulfonamides is 1. The first-order valence-electron chi connectivity index (χ1n) is 10.9. The molecule has 6 nitrogen and oxygen atoms in total. The molecular weight excluding hydrogens is 442 g/mol. The van der Waals surface area contributed by atoms with E-state index < -0.39 is 10.0 Å². The first kappa shape index (κ1) is 22.6. The summed E-state index contributed by atoms with van der Waals surface area (Å²) < 4.78 is 27.1. The number of aryl methyl sites for hydroxylation is 1. The number of hydrogen-bond donors (Lipinski definition) is 1. The highest BCUT2D eigenvalue weighted by Crippen LogP contribution is 2.26. The molecule has 0 spiro atoms. The quantitative estimate of drug-likeness (QED) is 0.516. The summed E-state index contributed by atoms with van der Waals surface area (Å²) >= 11 is 1.36. The Labute approximate surface area is 193 Å². The molecule has 1 aliphatic rings. The van der Waals surface area contributed by atoms with Crippen LogP contribution in [-0.2, 0) is 16.4 Å². The lowest BCUT2D eigenvalue weighted by molar-refractivity contribution is 0.102. The van der Waals surface area contributed by atoms with Gasteiger partial charge in [-0.15, -0.1) is 11.3 Å². The molecule has 32 heavy (non-hydrogen) atoms. The summed E-state index contributed by atoms with van der Waals surface area (Å²) in [6.07, 6.45) is 5.00. The Kier molecular flexibility index (Phi) is 7.03. The summed E-state index contributed by atoms with van der Waals surface area (Å²) in [5.41, 5.74) is 3.51. The van der Waals surface area contributed by atoms with E-state index in [4.69, 9.17) is 0 Å². The number of nitrogens with one attached hydrogen (secondary N) is 1. The molecule has 1 amide bonds. The largest absolute Gasteiger partial charge is 0.298 e. The van der Waals surface area contributed by atoms with Gasteiger partial charge in [0.1, 0.15) is 0 Å². The van der Waals surface area contributed by atoms with E-state index in [0.717, 1.165) is 43.4 Å². The normalized spacial score (nSPS) is 14.9. The molecular formula is C24H27N3O3S2. The second-order valence-corrected chi connectivity index (χ2v) is 10.7. The van der Waals surface area contributed by atoms with E-state index in [0.29, 0.717) is 23.8 Å². The number of rotatable bonds is 7. The molecule has 8 heteroatoms. The van der Waals surface area contributed by atoms with Crippen LogP contribution in [0.4, 0.5) is 5.13 Å². The van der Waals surface area contributed by atoms with Gasteiger partial charge >= 0.3 is 0 Å². The smallest absolute Gasteiger partial charge is 0.257 e. The van der Waals surface area contributed by atoms with Crippen LogP contribution in [0.3, 0.4) is 0 Å². The van der Waals surface area contributed by atoms with E-state index in [1.54, 1.807) is 12.1 Å². The van der Waals surface area contributed by atoms with E-state index in [2.05, 4.69) is 29.4 Å². The number of nitrogens with zero attached hydrogens (tertiary/aromatic N) is 2. The molecule has 4 rings (SSSR count). The maximum Gasteiger partial charge on any atom is 0.257 e. The zero-order valence-electron chi connectivity index (χ0n) is 18.1. The first-order chi connectivity index (χ1) is 15.5. The number of hydrogen-bond acceptors (Lipinski definition) is 5.